The van der Waals surface area contributed by atoms with Gasteiger partial charge in [0.25, 0.3) is 0 Å². The third-order valence-corrected chi connectivity index (χ3v) is 3.43. The molecule has 0 heterocycles. The first-order valence-electron chi connectivity index (χ1n) is 6.12. The maximum Gasteiger partial charge on any atom is 0.337 e. The van der Waals surface area contributed by atoms with E-state index in [0.717, 1.165) is 6.42 Å². The lowest BCUT2D eigenvalue weighted by Crippen LogP contribution is -2.49. The van der Waals surface area contributed by atoms with Gasteiger partial charge >= 0.3 is 5.97 Å². The van der Waals surface area contributed by atoms with Gasteiger partial charge in [-0.1, -0.05) is 0 Å². The topological polar surface area (TPSA) is 92.4 Å². The molecule has 0 aromatic heterocycles. The molecular weight excluding hydrogens is 270 g/mol. The zero-order chi connectivity index (χ0) is 14.9. The summed E-state index contributed by atoms with van der Waals surface area (Å²) in [7, 11) is 0. The first-order chi connectivity index (χ1) is 9.31. The first kappa shape index (κ1) is 14.4. The number of halogens is 2. The Morgan fingerprint density at radius 1 is 1.30 bits per heavy atom. The zero-order valence-corrected chi connectivity index (χ0v) is 10.6. The number of benzene rings is 1. The number of anilines is 1. The number of nitrogens with one attached hydrogen (secondary N) is 1. The standard InChI is InChI=1S/C13H14F2N2O3/c14-8-4-7(12(19)20)10(5-9(8)15)17-11(18)6-13(16)2-1-3-13/h4-5H,1-3,6,16H2,(H,17,18)(H,19,20). The molecule has 20 heavy (non-hydrogen) atoms. The van der Waals surface area contributed by atoms with Crippen LogP contribution in [0.3, 0.4) is 0 Å². The van der Waals surface area contributed by atoms with Crippen molar-refractivity contribution in [3.05, 3.63) is 29.3 Å². The van der Waals surface area contributed by atoms with Crippen LogP contribution in [0.25, 0.3) is 0 Å². The van der Waals surface area contributed by atoms with Crippen molar-refractivity contribution < 1.29 is 23.5 Å². The molecule has 1 aliphatic rings. The van der Waals surface area contributed by atoms with Gasteiger partial charge in [0.05, 0.1) is 11.3 Å². The molecule has 1 aromatic carbocycles. The average molecular weight is 284 g/mol. The number of carboxylic acids is 1. The first-order valence-corrected chi connectivity index (χ1v) is 6.12. The molecule has 1 amide bonds. The molecule has 1 aliphatic carbocycles. The summed E-state index contributed by atoms with van der Waals surface area (Å²) in [5, 5.41) is 11.2. The summed E-state index contributed by atoms with van der Waals surface area (Å²) in [6.45, 7) is 0. The number of carbonyl (C=O) groups is 2. The smallest absolute Gasteiger partial charge is 0.337 e. The van der Waals surface area contributed by atoms with Crippen molar-refractivity contribution in [2.24, 2.45) is 5.73 Å². The van der Waals surface area contributed by atoms with Crippen molar-refractivity contribution >= 4 is 17.6 Å². The summed E-state index contributed by atoms with van der Waals surface area (Å²) >= 11 is 0. The van der Waals surface area contributed by atoms with Crippen molar-refractivity contribution in [2.75, 3.05) is 5.32 Å². The van der Waals surface area contributed by atoms with Crippen LogP contribution in [0.5, 0.6) is 0 Å². The van der Waals surface area contributed by atoms with Crippen LogP contribution in [0.1, 0.15) is 36.0 Å². The van der Waals surface area contributed by atoms with Crippen LogP contribution >= 0.6 is 0 Å². The molecule has 5 nitrogen and oxygen atoms in total. The number of rotatable bonds is 4. The predicted octanol–water partition coefficient (Wildman–Crippen LogP) is 1.87. The van der Waals surface area contributed by atoms with E-state index in [-0.39, 0.29) is 12.1 Å². The van der Waals surface area contributed by atoms with Crippen LogP contribution in [-0.4, -0.2) is 22.5 Å². The summed E-state index contributed by atoms with van der Waals surface area (Å²) in [5.74, 6) is -4.47. The molecule has 0 saturated heterocycles. The Morgan fingerprint density at radius 3 is 2.40 bits per heavy atom. The van der Waals surface area contributed by atoms with Gasteiger partial charge in [-0.3, -0.25) is 4.79 Å². The highest BCUT2D eigenvalue weighted by Gasteiger charge is 2.34. The number of amides is 1. The van der Waals surface area contributed by atoms with Gasteiger partial charge in [0, 0.05) is 18.0 Å². The van der Waals surface area contributed by atoms with E-state index in [4.69, 9.17) is 10.8 Å². The van der Waals surface area contributed by atoms with Gasteiger partial charge in [-0.15, -0.1) is 0 Å². The number of carboxylic acid groups (broad SMARTS) is 1. The number of carbonyl (C=O) groups excluding carboxylic acids is 1. The fourth-order valence-electron chi connectivity index (χ4n) is 2.15. The van der Waals surface area contributed by atoms with E-state index in [2.05, 4.69) is 5.32 Å². The summed E-state index contributed by atoms with van der Waals surface area (Å²) in [4.78, 5) is 22.7. The quantitative estimate of drug-likeness (QED) is 0.787. The minimum atomic E-state index is -1.45. The van der Waals surface area contributed by atoms with Crippen LogP contribution in [0.15, 0.2) is 12.1 Å². The summed E-state index contributed by atoms with van der Waals surface area (Å²) < 4.78 is 26.2. The second kappa shape index (κ2) is 5.16. The molecule has 0 atom stereocenters. The second-order valence-corrected chi connectivity index (χ2v) is 5.06. The molecule has 0 radical (unpaired) electrons. The Morgan fingerprint density at radius 2 is 1.90 bits per heavy atom. The molecule has 1 saturated carbocycles. The Kier molecular flexibility index (Phi) is 3.71. The van der Waals surface area contributed by atoms with Gasteiger partial charge in [-0.2, -0.15) is 0 Å². The normalized spacial score (nSPS) is 16.4. The molecule has 0 spiro atoms. The lowest BCUT2D eigenvalue weighted by atomic mass is 9.75. The predicted molar refractivity (Wildman–Crippen MR) is 67.3 cm³/mol. The van der Waals surface area contributed by atoms with E-state index in [1.165, 1.54) is 0 Å². The van der Waals surface area contributed by atoms with Crippen molar-refractivity contribution in [1.82, 2.24) is 0 Å². The Balaban J connectivity index is 2.17. The maximum absolute atomic E-state index is 13.1. The van der Waals surface area contributed by atoms with Gasteiger partial charge < -0.3 is 16.2 Å². The minimum absolute atomic E-state index is 0.0189. The highest BCUT2D eigenvalue weighted by molar-refractivity contribution is 6.00. The molecule has 2 rings (SSSR count). The van der Waals surface area contributed by atoms with Gasteiger partial charge in [0.1, 0.15) is 0 Å². The van der Waals surface area contributed by atoms with E-state index >= 15 is 0 Å². The summed E-state index contributed by atoms with van der Waals surface area (Å²) in [6.07, 6.45) is 2.38. The van der Waals surface area contributed by atoms with Crippen LogP contribution in [0.2, 0.25) is 0 Å². The Hall–Kier alpha value is -2.02. The number of aromatic carboxylic acids is 1. The Labute approximate surface area is 113 Å². The zero-order valence-electron chi connectivity index (χ0n) is 10.6. The van der Waals surface area contributed by atoms with E-state index in [1.807, 2.05) is 0 Å². The molecule has 0 bridgehead atoms. The third kappa shape index (κ3) is 2.93. The van der Waals surface area contributed by atoms with Gasteiger partial charge in [-0.05, 0) is 25.3 Å². The lowest BCUT2D eigenvalue weighted by molar-refractivity contribution is -0.118. The fourth-order valence-corrected chi connectivity index (χ4v) is 2.15. The van der Waals surface area contributed by atoms with E-state index in [9.17, 15) is 18.4 Å². The van der Waals surface area contributed by atoms with Gasteiger partial charge in [0.2, 0.25) is 5.91 Å². The molecule has 0 unspecified atom stereocenters. The van der Waals surface area contributed by atoms with Gasteiger partial charge in [-0.25, -0.2) is 13.6 Å². The molecule has 0 aliphatic heterocycles. The minimum Gasteiger partial charge on any atom is -0.478 e. The Bertz CT molecular complexity index is 571. The molecule has 7 heteroatoms. The van der Waals surface area contributed by atoms with Crippen LogP contribution in [0.4, 0.5) is 14.5 Å². The SMILES string of the molecule is NC1(CC(=O)Nc2cc(F)c(F)cc2C(=O)O)CCC1. The largest absolute Gasteiger partial charge is 0.478 e. The summed E-state index contributed by atoms with van der Waals surface area (Å²) in [5.41, 5.74) is 4.54. The van der Waals surface area contributed by atoms with Crippen molar-refractivity contribution in [1.29, 1.82) is 0 Å². The highest BCUT2D eigenvalue weighted by Crippen LogP contribution is 2.32. The van der Waals surface area contributed by atoms with Crippen LogP contribution in [-0.2, 0) is 4.79 Å². The number of nitrogens with two attached hydrogens (primary N) is 1. The van der Waals surface area contributed by atoms with E-state index < -0.39 is 34.6 Å². The number of hydrogen-bond donors (Lipinski definition) is 3. The molecule has 108 valence electrons. The molecule has 1 aromatic rings. The third-order valence-electron chi connectivity index (χ3n) is 3.43. The van der Waals surface area contributed by atoms with Gasteiger partial charge in [0.15, 0.2) is 11.6 Å². The van der Waals surface area contributed by atoms with Crippen LogP contribution < -0.4 is 11.1 Å². The van der Waals surface area contributed by atoms with Crippen LogP contribution in [0, 0.1) is 11.6 Å². The monoisotopic (exact) mass is 284 g/mol. The van der Waals surface area contributed by atoms with E-state index in [1.54, 1.807) is 0 Å². The second-order valence-electron chi connectivity index (χ2n) is 5.06. The summed E-state index contributed by atoms with van der Waals surface area (Å²) in [6, 6.07) is 1.19. The average Bonchev–Trinajstić information content (AvgIpc) is 2.31. The molecule has 4 N–H and O–H groups in total. The van der Waals surface area contributed by atoms with Crippen molar-refractivity contribution in [2.45, 2.75) is 31.2 Å². The van der Waals surface area contributed by atoms with Crippen molar-refractivity contribution in [3.63, 3.8) is 0 Å². The molecular formula is C13H14F2N2O3. The highest BCUT2D eigenvalue weighted by atomic mass is 19.2. The number of hydrogen-bond acceptors (Lipinski definition) is 3. The molecule has 1 fully saturated rings. The lowest BCUT2D eigenvalue weighted by Gasteiger charge is -2.37. The van der Waals surface area contributed by atoms with E-state index in [0.29, 0.717) is 25.0 Å². The maximum atomic E-state index is 13.1. The van der Waals surface area contributed by atoms with Crippen molar-refractivity contribution in [3.8, 4) is 0 Å². The fraction of sp³-hybridized carbons (Fsp3) is 0.385.